The van der Waals surface area contributed by atoms with E-state index in [1.165, 1.54) is 24.3 Å². The van der Waals surface area contributed by atoms with Crippen LogP contribution in [0.2, 0.25) is 5.02 Å². The van der Waals surface area contributed by atoms with E-state index in [9.17, 15) is 23.4 Å². The molecule has 3 aromatic carbocycles. The number of ether oxygens (including phenoxy) is 1. The van der Waals surface area contributed by atoms with Crippen LogP contribution in [0.5, 0.6) is 11.5 Å². The van der Waals surface area contributed by atoms with Gasteiger partial charge in [0.25, 0.3) is 0 Å². The first-order chi connectivity index (χ1) is 16.1. The second kappa shape index (κ2) is 10.9. The predicted octanol–water partition coefficient (Wildman–Crippen LogP) is 3.67. The summed E-state index contributed by atoms with van der Waals surface area (Å²) in [7, 11) is -3.99. The molecule has 0 saturated carbocycles. The Hall–Kier alpha value is -3.11. The minimum atomic E-state index is -3.99. The van der Waals surface area contributed by atoms with Crippen LogP contribution in [0, 0.1) is 0 Å². The summed E-state index contributed by atoms with van der Waals surface area (Å²) in [5, 5.41) is 32.7. The number of halogens is 1. The van der Waals surface area contributed by atoms with Gasteiger partial charge in [-0.3, -0.25) is 0 Å². The maximum absolute atomic E-state index is 12.8. The molecule has 0 unspecified atom stereocenters. The Bertz CT molecular complexity index is 1260. The van der Waals surface area contributed by atoms with Crippen LogP contribution in [0.15, 0.2) is 76.5 Å². The number of aliphatic hydroxyl groups is 1. The molecule has 0 saturated heterocycles. The number of nitrogens with one attached hydrogen (secondary N) is 1. The van der Waals surface area contributed by atoms with Gasteiger partial charge < -0.3 is 25.4 Å². The zero-order chi connectivity index (χ0) is 24.9. The number of benzene rings is 3. The number of carboxylic acid groups (broad SMARTS) is 1. The standard InChI is InChI=1S/C24H24ClNO7S/c1-15(26-13-23(28)16-3-2-4-17(25)11-16)14-33-18-5-7-19(8-6-18)34(31,32)20-9-10-22(27)21(12-20)24(29)30/h2-12,15,23,26-28H,13-14H2,1H3,(H,29,30)/t15-,23+/m1/s1. The van der Waals surface area contributed by atoms with E-state index < -0.39 is 33.2 Å². The Balaban J connectivity index is 1.58. The lowest BCUT2D eigenvalue weighted by atomic mass is 10.1. The number of carboxylic acids is 1. The molecule has 8 nitrogen and oxygen atoms in total. The fourth-order valence-corrected chi connectivity index (χ4v) is 4.61. The van der Waals surface area contributed by atoms with Gasteiger partial charge in [-0.1, -0.05) is 23.7 Å². The normalized spacial score (nSPS) is 13.3. The van der Waals surface area contributed by atoms with E-state index in [4.69, 9.17) is 21.4 Å². The second-order valence-electron chi connectivity index (χ2n) is 7.65. The number of hydrogen-bond acceptors (Lipinski definition) is 7. The Kier molecular flexibility index (Phi) is 8.16. The number of aromatic carboxylic acids is 1. The summed E-state index contributed by atoms with van der Waals surface area (Å²) in [6, 6.07) is 15.7. The van der Waals surface area contributed by atoms with Crippen molar-refractivity contribution in [1.82, 2.24) is 5.32 Å². The monoisotopic (exact) mass is 505 g/mol. The average Bonchev–Trinajstić information content (AvgIpc) is 2.81. The molecule has 0 aliphatic carbocycles. The molecular formula is C24H24ClNO7S. The zero-order valence-electron chi connectivity index (χ0n) is 18.2. The Morgan fingerprint density at radius 1 is 1.06 bits per heavy atom. The largest absolute Gasteiger partial charge is 0.507 e. The van der Waals surface area contributed by atoms with E-state index in [0.717, 1.165) is 18.2 Å². The number of aliphatic hydroxyl groups excluding tert-OH is 1. The first kappa shape index (κ1) is 25.5. The second-order valence-corrected chi connectivity index (χ2v) is 10.0. The van der Waals surface area contributed by atoms with Gasteiger partial charge in [0, 0.05) is 17.6 Å². The molecule has 4 N–H and O–H groups in total. The third-order valence-corrected chi connectivity index (χ3v) is 7.04. The van der Waals surface area contributed by atoms with Crippen molar-refractivity contribution in [3.8, 4) is 11.5 Å². The molecule has 0 amide bonds. The molecule has 3 aromatic rings. The van der Waals surface area contributed by atoms with Crippen molar-refractivity contribution in [2.75, 3.05) is 13.2 Å². The maximum atomic E-state index is 12.8. The predicted molar refractivity (Wildman–Crippen MR) is 126 cm³/mol. The van der Waals surface area contributed by atoms with E-state index in [1.54, 1.807) is 24.3 Å². The molecular weight excluding hydrogens is 482 g/mol. The van der Waals surface area contributed by atoms with Crippen LogP contribution in [-0.2, 0) is 9.84 Å². The average molecular weight is 506 g/mol. The number of phenols is 1. The molecule has 0 aliphatic heterocycles. The summed E-state index contributed by atoms with van der Waals surface area (Å²) in [6.07, 6.45) is -0.729. The van der Waals surface area contributed by atoms with E-state index in [-0.39, 0.29) is 22.4 Å². The van der Waals surface area contributed by atoms with Crippen molar-refractivity contribution in [1.29, 1.82) is 0 Å². The smallest absolute Gasteiger partial charge is 0.339 e. The molecule has 180 valence electrons. The highest BCUT2D eigenvalue weighted by atomic mass is 35.5. The topological polar surface area (TPSA) is 133 Å². The third kappa shape index (κ3) is 6.27. The molecule has 34 heavy (non-hydrogen) atoms. The quantitative estimate of drug-likeness (QED) is 0.328. The van der Waals surface area contributed by atoms with Gasteiger partial charge in [-0.2, -0.15) is 0 Å². The lowest BCUT2D eigenvalue weighted by molar-refractivity contribution is 0.0693. The first-order valence-corrected chi connectivity index (χ1v) is 12.1. The third-order valence-electron chi connectivity index (χ3n) is 5.04. The molecule has 3 rings (SSSR count). The van der Waals surface area contributed by atoms with Crippen molar-refractivity contribution in [3.05, 3.63) is 82.9 Å². The van der Waals surface area contributed by atoms with Crippen LogP contribution in [0.25, 0.3) is 0 Å². The van der Waals surface area contributed by atoms with Gasteiger partial charge >= 0.3 is 5.97 Å². The van der Waals surface area contributed by atoms with Crippen molar-refractivity contribution < 1.29 is 33.3 Å². The van der Waals surface area contributed by atoms with Crippen LogP contribution < -0.4 is 10.1 Å². The fraction of sp³-hybridized carbons (Fsp3) is 0.208. The number of sulfone groups is 1. The lowest BCUT2D eigenvalue weighted by Crippen LogP contribution is -2.34. The molecule has 0 aromatic heterocycles. The minimum Gasteiger partial charge on any atom is -0.507 e. The molecule has 0 fully saturated rings. The van der Waals surface area contributed by atoms with Crippen molar-refractivity contribution >= 4 is 27.4 Å². The highest BCUT2D eigenvalue weighted by Gasteiger charge is 2.21. The summed E-state index contributed by atoms with van der Waals surface area (Å²) < 4.78 is 31.3. The van der Waals surface area contributed by atoms with Crippen LogP contribution in [0.4, 0.5) is 0 Å². The maximum Gasteiger partial charge on any atom is 0.339 e. The summed E-state index contributed by atoms with van der Waals surface area (Å²) in [5.74, 6) is -1.50. The molecule has 0 radical (unpaired) electrons. The van der Waals surface area contributed by atoms with E-state index in [0.29, 0.717) is 22.9 Å². The van der Waals surface area contributed by atoms with Gasteiger partial charge in [0.2, 0.25) is 9.84 Å². The zero-order valence-corrected chi connectivity index (χ0v) is 19.8. The summed E-state index contributed by atoms with van der Waals surface area (Å²) >= 11 is 5.95. The molecule has 2 atom stereocenters. The summed E-state index contributed by atoms with van der Waals surface area (Å²) in [6.45, 7) is 2.45. The number of rotatable bonds is 10. The SMILES string of the molecule is C[C@H](COc1ccc(S(=O)(=O)c2ccc(O)c(C(=O)O)c2)cc1)NC[C@H](O)c1cccc(Cl)c1. The lowest BCUT2D eigenvalue weighted by Gasteiger charge is -2.18. The number of aromatic hydroxyl groups is 1. The van der Waals surface area contributed by atoms with E-state index >= 15 is 0 Å². The molecule has 0 aliphatic rings. The fourth-order valence-electron chi connectivity index (χ4n) is 3.13. The van der Waals surface area contributed by atoms with Gasteiger partial charge in [-0.05, 0) is 67.1 Å². The summed E-state index contributed by atoms with van der Waals surface area (Å²) in [4.78, 5) is 10.9. The van der Waals surface area contributed by atoms with Crippen molar-refractivity contribution in [2.45, 2.75) is 28.9 Å². The van der Waals surface area contributed by atoms with Crippen molar-refractivity contribution in [2.24, 2.45) is 0 Å². The van der Waals surface area contributed by atoms with Crippen LogP contribution in [0.1, 0.15) is 28.9 Å². The number of hydrogen-bond donors (Lipinski definition) is 4. The molecule has 0 bridgehead atoms. The van der Waals surface area contributed by atoms with Crippen LogP contribution in [-0.4, -0.2) is 48.9 Å². The van der Waals surface area contributed by atoms with Gasteiger partial charge in [0.15, 0.2) is 0 Å². The van der Waals surface area contributed by atoms with Gasteiger partial charge in [-0.15, -0.1) is 0 Å². The molecule has 10 heteroatoms. The minimum absolute atomic E-state index is 0.0438. The van der Waals surface area contributed by atoms with E-state index in [2.05, 4.69) is 5.32 Å². The van der Waals surface area contributed by atoms with E-state index in [1.807, 2.05) is 6.92 Å². The van der Waals surface area contributed by atoms with Gasteiger partial charge in [0.05, 0.1) is 15.9 Å². The molecule has 0 heterocycles. The Labute approximate surface area is 202 Å². The van der Waals surface area contributed by atoms with Crippen LogP contribution >= 0.6 is 11.6 Å². The number of carbonyl (C=O) groups is 1. The highest BCUT2D eigenvalue weighted by Crippen LogP contribution is 2.27. The van der Waals surface area contributed by atoms with Crippen LogP contribution in [0.3, 0.4) is 0 Å². The highest BCUT2D eigenvalue weighted by molar-refractivity contribution is 7.91. The first-order valence-electron chi connectivity index (χ1n) is 10.3. The van der Waals surface area contributed by atoms with Gasteiger partial charge in [-0.25, -0.2) is 13.2 Å². The molecule has 0 spiro atoms. The Morgan fingerprint density at radius 2 is 1.74 bits per heavy atom. The Morgan fingerprint density at radius 3 is 2.38 bits per heavy atom. The van der Waals surface area contributed by atoms with Gasteiger partial charge in [0.1, 0.15) is 23.7 Å². The summed E-state index contributed by atoms with van der Waals surface area (Å²) in [5.41, 5.74) is 0.206. The van der Waals surface area contributed by atoms with Crippen molar-refractivity contribution in [3.63, 3.8) is 0 Å².